The van der Waals surface area contributed by atoms with Crippen molar-refractivity contribution in [3.8, 4) is 5.75 Å². The number of ether oxygens (including phenoxy) is 2. The summed E-state index contributed by atoms with van der Waals surface area (Å²) >= 11 is 0. The normalized spacial score (nSPS) is 20.5. The third-order valence-corrected chi connectivity index (χ3v) is 3.58. The van der Waals surface area contributed by atoms with Crippen LogP contribution >= 0.6 is 0 Å². The predicted molar refractivity (Wildman–Crippen MR) is 71.2 cm³/mol. The van der Waals surface area contributed by atoms with Crippen molar-refractivity contribution in [1.29, 1.82) is 0 Å². The van der Waals surface area contributed by atoms with Crippen LogP contribution < -0.4 is 16.0 Å². The zero-order valence-electron chi connectivity index (χ0n) is 11.2. The fourth-order valence-electron chi connectivity index (χ4n) is 2.47. The molecular formula is C14H21FN2O2. The molecule has 0 saturated carbocycles. The van der Waals surface area contributed by atoms with Gasteiger partial charge in [0.05, 0.1) is 13.2 Å². The van der Waals surface area contributed by atoms with Gasteiger partial charge in [-0.1, -0.05) is 6.07 Å². The highest BCUT2D eigenvalue weighted by molar-refractivity contribution is 5.31. The summed E-state index contributed by atoms with van der Waals surface area (Å²) in [5.74, 6) is 5.45. The Hall–Kier alpha value is -1.17. The Morgan fingerprint density at radius 2 is 2.42 bits per heavy atom. The van der Waals surface area contributed by atoms with E-state index >= 15 is 0 Å². The van der Waals surface area contributed by atoms with Crippen molar-refractivity contribution < 1.29 is 13.9 Å². The molecule has 1 fully saturated rings. The van der Waals surface area contributed by atoms with Crippen LogP contribution in [0.2, 0.25) is 0 Å². The van der Waals surface area contributed by atoms with Crippen LogP contribution in [0, 0.1) is 5.82 Å². The van der Waals surface area contributed by atoms with Crippen LogP contribution in [-0.4, -0.2) is 19.8 Å². The van der Waals surface area contributed by atoms with Crippen LogP contribution in [0.15, 0.2) is 18.2 Å². The largest absolute Gasteiger partial charge is 0.494 e. The molecule has 0 bridgehead atoms. The summed E-state index contributed by atoms with van der Waals surface area (Å²) in [5.41, 5.74) is 3.58. The zero-order chi connectivity index (χ0) is 13.7. The standard InChI is InChI=1S/C14H21FN2O2/c1-18-14-7-4-10(9-12(14)15)13(17-16)6-5-11-3-2-8-19-11/h4,7,9,11,13,17H,2-3,5-6,8,16H2,1H3. The lowest BCUT2D eigenvalue weighted by molar-refractivity contribution is 0.0996. The summed E-state index contributed by atoms with van der Waals surface area (Å²) < 4.78 is 24.2. The van der Waals surface area contributed by atoms with Crippen molar-refractivity contribution in [2.75, 3.05) is 13.7 Å². The minimum absolute atomic E-state index is 0.0652. The maximum atomic E-state index is 13.7. The first-order valence-electron chi connectivity index (χ1n) is 6.65. The highest BCUT2D eigenvalue weighted by Gasteiger charge is 2.19. The first-order valence-corrected chi connectivity index (χ1v) is 6.65. The molecule has 1 aromatic rings. The molecule has 1 saturated heterocycles. The van der Waals surface area contributed by atoms with Gasteiger partial charge in [-0.25, -0.2) is 4.39 Å². The van der Waals surface area contributed by atoms with Crippen molar-refractivity contribution in [2.24, 2.45) is 5.84 Å². The molecule has 0 radical (unpaired) electrons. The summed E-state index contributed by atoms with van der Waals surface area (Å²) in [4.78, 5) is 0. The number of hydrazine groups is 1. The highest BCUT2D eigenvalue weighted by Crippen LogP contribution is 2.26. The Labute approximate surface area is 113 Å². The Balaban J connectivity index is 1.97. The van der Waals surface area contributed by atoms with Crippen molar-refractivity contribution >= 4 is 0 Å². The number of rotatable bonds is 6. The Morgan fingerprint density at radius 3 is 3.00 bits per heavy atom. The van der Waals surface area contributed by atoms with Gasteiger partial charge < -0.3 is 9.47 Å². The van der Waals surface area contributed by atoms with E-state index in [1.165, 1.54) is 13.2 Å². The smallest absolute Gasteiger partial charge is 0.165 e. The Kier molecular flexibility index (Phi) is 5.13. The fourth-order valence-corrected chi connectivity index (χ4v) is 2.47. The molecule has 0 aromatic heterocycles. The van der Waals surface area contributed by atoms with Gasteiger partial charge in [-0.3, -0.25) is 11.3 Å². The molecule has 2 atom stereocenters. The van der Waals surface area contributed by atoms with Crippen LogP contribution in [0.5, 0.6) is 5.75 Å². The summed E-state index contributed by atoms with van der Waals surface area (Å²) in [6, 6.07) is 4.87. The van der Waals surface area contributed by atoms with E-state index < -0.39 is 0 Å². The average Bonchev–Trinajstić information content (AvgIpc) is 2.93. The molecule has 2 rings (SSSR count). The lowest BCUT2D eigenvalue weighted by Crippen LogP contribution is -2.29. The highest BCUT2D eigenvalue weighted by atomic mass is 19.1. The average molecular weight is 268 g/mol. The minimum Gasteiger partial charge on any atom is -0.494 e. The second-order valence-corrected chi connectivity index (χ2v) is 4.83. The number of hydrogen-bond acceptors (Lipinski definition) is 4. The number of hydrogen-bond donors (Lipinski definition) is 2. The van der Waals surface area contributed by atoms with E-state index in [0.29, 0.717) is 6.10 Å². The topological polar surface area (TPSA) is 56.5 Å². The molecule has 4 nitrogen and oxygen atoms in total. The zero-order valence-corrected chi connectivity index (χ0v) is 11.2. The summed E-state index contributed by atoms with van der Waals surface area (Å²) in [6.07, 6.45) is 4.31. The second-order valence-electron chi connectivity index (χ2n) is 4.83. The first kappa shape index (κ1) is 14.2. The third-order valence-electron chi connectivity index (χ3n) is 3.58. The molecule has 5 heteroatoms. The van der Waals surface area contributed by atoms with Gasteiger partial charge in [-0.2, -0.15) is 0 Å². The Morgan fingerprint density at radius 1 is 1.58 bits per heavy atom. The van der Waals surface area contributed by atoms with Crippen LogP contribution in [0.4, 0.5) is 4.39 Å². The summed E-state index contributed by atoms with van der Waals surface area (Å²) in [6.45, 7) is 0.850. The number of methoxy groups -OCH3 is 1. The van der Waals surface area contributed by atoms with E-state index in [-0.39, 0.29) is 17.6 Å². The van der Waals surface area contributed by atoms with E-state index in [0.717, 1.165) is 37.9 Å². The molecule has 0 aliphatic carbocycles. The Bertz CT molecular complexity index is 408. The monoisotopic (exact) mass is 268 g/mol. The molecule has 1 heterocycles. The molecule has 2 unspecified atom stereocenters. The lowest BCUT2D eigenvalue weighted by atomic mass is 9.99. The van der Waals surface area contributed by atoms with E-state index in [1.54, 1.807) is 6.07 Å². The maximum Gasteiger partial charge on any atom is 0.165 e. The maximum absolute atomic E-state index is 13.7. The molecule has 0 spiro atoms. The summed E-state index contributed by atoms with van der Waals surface area (Å²) in [7, 11) is 1.45. The lowest BCUT2D eigenvalue weighted by Gasteiger charge is -2.19. The number of nitrogens with one attached hydrogen (secondary N) is 1. The molecular weight excluding hydrogens is 247 g/mol. The number of benzene rings is 1. The van der Waals surface area contributed by atoms with Crippen molar-refractivity contribution in [3.05, 3.63) is 29.6 Å². The second kappa shape index (κ2) is 6.84. The van der Waals surface area contributed by atoms with Gasteiger partial charge in [0, 0.05) is 12.6 Å². The predicted octanol–water partition coefficient (Wildman–Crippen LogP) is 2.30. The van der Waals surface area contributed by atoms with E-state index in [2.05, 4.69) is 5.43 Å². The first-order chi connectivity index (χ1) is 9.24. The van der Waals surface area contributed by atoms with Gasteiger partial charge in [0.2, 0.25) is 0 Å². The van der Waals surface area contributed by atoms with E-state index in [9.17, 15) is 4.39 Å². The number of halogens is 1. The van der Waals surface area contributed by atoms with Crippen molar-refractivity contribution in [2.45, 2.75) is 37.8 Å². The SMILES string of the molecule is COc1ccc(C(CCC2CCCO2)NN)cc1F. The summed E-state index contributed by atoms with van der Waals surface area (Å²) in [5, 5.41) is 0. The van der Waals surface area contributed by atoms with Gasteiger partial charge in [0.15, 0.2) is 11.6 Å². The quantitative estimate of drug-likeness (QED) is 0.614. The van der Waals surface area contributed by atoms with E-state index in [4.69, 9.17) is 15.3 Å². The molecule has 1 aromatic carbocycles. The van der Waals surface area contributed by atoms with Gasteiger partial charge in [-0.15, -0.1) is 0 Å². The molecule has 19 heavy (non-hydrogen) atoms. The van der Waals surface area contributed by atoms with Gasteiger partial charge in [-0.05, 0) is 43.4 Å². The molecule has 1 aliphatic heterocycles. The minimum atomic E-state index is -0.364. The third kappa shape index (κ3) is 3.65. The molecule has 106 valence electrons. The van der Waals surface area contributed by atoms with E-state index in [1.807, 2.05) is 6.07 Å². The van der Waals surface area contributed by atoms with Crippen LogP contribution in [0.1, 0.15) is 37.3 Å². The van der Waals surface area contributed by atoms with Crippen LogP contribution in [-0.2, 0) is 4.74 Å². The fraction of sp³-hybridized carbons (Fsp3) is 0.571. The van der Waals surface area contributed by atoms with Crippen molar-refractivity contribution in [3.63, 3.8) is 0 Å². The molecule has 0 amide bonds. The van der Waals surface area contributed by atoms with Gasteiger partial charge >= 0.3 is 0 Å². The van der Waals surface area contributed by atoms with Crippen LogP contribution in [0.3, 0.4) is 0 Å². The van der Waals surface area contributed by atoms with Crippen molar-refractivity contribution in [1.82, 2.24) is 5.43 Å². The van der Waals surface area contributed by atoms with Gasteiger partial charge in [0.1, 0.15) is 0 Å². The molecule has 1 aliphatic rings. The van der Waals surface area contributed by atoms with Gasteiger partial charge in [0.25, 0.3) is 0 Å². The number of nitrogens with two attached hydrogens (primary N) is 1. The molecule has 3 N–H and O–H groups in total. The van der Waals surface area contributed by atoms with Crippen LogP contribution in [0.25, 0.3) is 0 Å².